The van der Waals surface area contributed by atoms with Crippen molar-refractivity contribution in [3.05, 3.63) is 53.3 Å². The molecule has 0 radical (unpaired) electrons. The van der Waals surface area contributed by atoms with Crippen LogP contribution in [0.5, 0.6) is 0 Å². The van der Waals surface area contributed by atoms with Crippen molar-refractivity contribution in [3.8, 4) is 12.5 Å². The SMILES string of the molecule is C#Cn1c(N2CCN(C)CC2)ccc/c1=N/C[C@H]1CCC[C@@H](c2ncccc2C)N1C(C)C. The van der Waals surface area contributed by atoms with E-state index in [-0.39, 0.29) is 0 Å². The van der Waals surface area contributed by atoms with Crippen LogP contribution in [0.2, 0.25) is 0 Å². The van der Waals surface area contributed by atoms with E-state index in [1.807, 2.05) is 22.9 Å². The minimum absolute atomic E-state index is 0.344. The third-order valence-corrected chi connectivity index (χ3v) is 7.13. The zero-order chi connectivity index (χ0) is 23.4. The third kappa shape index (κ3) is 5.15. The van der Waals surface area contributed by atoms with Gasteiger partial charge < -0.3 is 9.80 Å². The molecule has 2 aromatic rings. The van der Waals surface area contributed by atoms with E-state index in [4.69, 9.17) is 16.4 Å². The van der Waals surface area contributed by atoms with E-state index < -0.39 is 0 Å². The summed E-state index contributed by atoms with van der Waals surface area (Å²) in [6.07, 6.45) is 11.4. The number of hydrogen-bond donors (Lipinski definition) is 0. The number of rotatable bonds is 5. The van der Waals surface area contributed by atoms with Crippen LogP contribution >= 0.6 is 0 Å². The Hall–Kier alpha value is -2.62. The topological polar surface area (TPSA) is 39.9 Å². The highest BCUT2D eigenvalue weighted by Crippen LogP contribution is 2.36. The van der Waals surface area contributed by atoms with Gasteiger partial charge in [-0.05, 0) is 70.8 Å². The van der Waals surface area contributed by atoms with Crippen LogP contribution < -0.4 is 10.4 Å². The molecule has 0 spiro atoms. The van der Waals surface area contributed by atoms with Crippen molar-refractivity contribution in [1.29, 1.82) is 0 Å². The monoisotopic (exact) mass is 446 g/mol. The minimum Gasteiger partial charge on any atom is -0.355 e. The van der Waals surface area contributed by atoms with Crippen molar-refractivity contribution in [1.82, 2.24) is 19.4 Å². The van der Waals surface area contributed by atoms with Crippen LogP contribution in [-0.4, -0.2) is 71.2 Å². The summed E-state index contributed by atoms with van der Waals surface area (Å²) in [6, 6.07) is 14.5. The lowest BCUT2D eigenvalue weighted by molar-refractivity contribution is 0.0521. The molecule has 0 N–H and O–H groups in total. The molecular weight excluding hydrogens is 408 g/mol. The number of likely N-dealkylation sites (tertiary alicyclic amines) is 1. The van der Waals surface area contributed by atoms with Crippen LogP contribution in [-0.2, 0) is 0 Å². The van der Waals surface area contributed by atoms with Gasteiger partial charge in [-0.1, -0.05) is 18.6 Å². The van der Waals surface area contributed by atoms with Gasteiger partial charge in [0.25, 0.3) is 0 Å². The molecule has 0 aromatic carbocycles. The molecule has 0 unspecified atom stereocenters. The van der Waals surface area contributed by atoms with E-state index in [1.54, 1.807) is 0 Å². The second-order valence-electron chi connectivity index (χ2n) is 9.68. The molecule has 0 aliphatic carbocycles. The maximum atomic E-state index is 5.98. The van der Waals surface area contributed by atoms with Crippen molar-refractivity contribution >= 4 is 5.82 Å². The van der Waals surface area contributed by atoms with Gasteiger partial charge in [-0.2, -0.15) is 0 Å². The number of terminal acetylenes is 1. The predicted octanol–water partition coefficient (Wildman–Crippen LogP) is 3.29. The van der Waals surface area contributed by atoms with Crippen LogP contribution in [0.3, 0.4) is 0 Å². The molecule has 0 saturated carbocycles. The number of aryl methyl sites for hydroxylation is 1. The molecule has 2 aliphatic heterocycles. The molecule has 2 aliphatic rings. The van der Waals surface area contributed by atoms with Gasteiger partial charge >= 0.3 is 0 Å². The number of nitrogens with zero attached hydrogens (tertiary/aromatic N) is 6. The van der Waals surface area contributed by atoms with Crippen molar-refractivity contribution in [3.63, 3.8) is 0 Å². The van der Waals surface area contributed by atoms with E-state index >= 15 is 0 Å². The Labute approximate surface area is 199 Å². The summed E-state index contributed by atoms with van der Waals surface area (Å²) in [5.74, 6) is 1.07. The van der Waals surface area contributed by atoms with Gasteiger partial charge in [0.15, 0.2) is 0 Å². The maximum absolute atomic E-state index is 5.98. The lowest BCUT2D eigenvalue weighted by Crippen LogP contribution is -2.48. The predicted molar refractivity (Wildman–Crippen MR) is 135 cm³/mol. The lowest BCUT2D eigenvalue weighted by atomic mass is 9.90. The van der Waals surface area contributed by atoms with Crippen molar-refractivity contribution in [2.24, 2.45) is 4.99 Å². The first-order valence-corrected chi connectivity index (χ1v) is 12.3. The van der Waals surface area contributed by atoms with Gasteiger partial charge in [-0.15, -0.1) is 0 Å². The molecule has 176 valence electrons. The molecule has 2 saturated heterocycles. The first-order chi connectivity index (χ1) is 16.0. The van der Waals surface area contributed by atoms with Crippen LogP contribution in [0, 0.1) is 19.4 Å². The molecule has 2 atom stereocenters. The zero-order valence-corrected chi connectivity index (χ0v) is 20.6. The summed E-state index contributed by atoms with van der Waals surface area (Å²) in [4.78, 5) is 17.2. The highest BCUT2D eigenvalue weighted by Gasteiger charge is 2.34. The summed E-state index contributed by atoms with van der Waals surface area (Å²) in [7, 11) is 2.17. The molecule has 4 heterocycles. The number of aromatic nitrogens is 2. The van der Waals surface area contributed by atoms with E-state index in [0.717, 1.165) is 56.9 Å². The van der Waals surface area contributed by atoms with E-state index in [9.17, 15) is 0 Å². The van der Waals surface area contributed by atoms with Crippen molar-refractivity contribution < 1.29 is 0 Å². The molecular formula is C27H38N6. The first kappa shape index (κ1) is 23.5. The fourth-order valence-corrected chi connectivity index (χ4v) is 5.41. The molecule has 2 aromatic heterocycles. The van der Waals surface area contributed by atoms with Crippen molar-refractivity contribution in [2.75, 3.05) is 44.7 Å². The number of likely N-dealkylation sites (N-methyl/N-ethyl adjacent to an activating group) is 1. The second kappa shape index (κ2) is 10.5. The molecule has 2 fully saturated rings. The van der Waals surface area contributed by atoms with Crippen LogP contribution in [0.25, 0.3) is 0 Å². The van der Waals surface area contributed by atoms with E-state index in [2.05, 4.69) is 66.8 Å². The van der Waals surface area contributed by atoms with Gasteiger partial charge in [0, 0.05) is 50.5 Å². The number of anilines is 1. The van der Waals surface area contributed by atoms with Gasteiger partial charge in [0.2, 0.25) is 0 Å². The fraction of sp³-hybridized carbons (Fsp3) is 0.556. The summed E-state index contributed by atoms with van der Waals surface area (Å²) < 4.78 is 1.92. The molecule has 6 nitrogen and oxygen atoms in total. The molecule has 33 heavy (non-hydrogen) atoms. The molecule has 4 rings (SSSR count). The number of piperidine rings is 1. The summed E-state index contributed by atoms with van der Waals surface area (Å²) in [5, 5.41) is 0. The lowest BCUT2D eigenvalue weighted by Gasteiger charge is -2.44. The fourth-order valence-electron chi connectivity index (χ4n) is 5.41. The summed E-state index contributed by atoms with van der Waals surface area (Å²) in [5.41, 5.74) is 3.36. The molecule has 6 heteroatoms. The minimum atomic E-state index is 0.344. The Morgan fingerprint density at radius 3 is 2.61 bits per heavy atom. The van der Waals surface area contributed by atoms with Gasteiger partial charge in [-0.3, -0.25) is 14.9 Å². The van der Waals surface area contributed by atoms with Crippen molar-refractivity contribution in [2.45, 2.75) is 58.2 Å². The first-order valence-electron chi connectivity index (χ1n) is 12.3. The van der Waals surface area contributed by atoms with Crippen LogP contribution in [0.15, 0.2) is 41.5 Å². The average molecular weight is 447 g/mol. The Morgan fingerprint density at radius 1 is 1.12 bits per heavy atom. The average Bonchev–Trinajstić information content (AvgIpc) is 2.83. The van der Waals surface area contributed by atoms with Crippen LogP contribution in [0.4, 0.5) is 5.82 Å². The standard InChI is InChI=1S/C27H38N6/c1-6-32-25(13-8-14-26(32)31-18-16-30(5)17-19-31)29-20-23-11-7-12-24(33(23)21(2)3)27-22(4)10-9-15-28-27/h1,8-10,13-15,21,23-24H,7,11-12,16-20H2,2-5H3/b29-25-/t23-,24+/m1/s1. The van der Waals surface area contributed by atoms with E-state index in [1.165, 1.54) is 17.7 Å². The largest absolute Gasteiger partial charge is 0.355 e. The highest BCUT2D eigenvalue weighted by molar-refractivity contribution is 5.42. The van der Waals surface area contributed by atoms with Crippen LogP contribution in [0.1, 0.15) is 50.4 Å². The van der Waals surface area contributed by atoms with Gasteiger partial charge in [-0.25, -0.2) is 4.57 Å². The third-order valence-electron chi connectivity index (χ3n) is 7.13. The Morgan fingerprint density at radius 2 is 1.91 bits per heavy atom. The summed E-state index contributed by atoms with van der Waals surface area (Å²) in [6.45, 7) is 11.6. The molecule has 0 bridgehead atoms. The number of piperazine rings is 1. The zero-order valence-electron chi connectivity index (χ0n) is 20.6. The molecule has 0 amide bonds. The maximum Gasteiger partial charge on any atom is 0.141 e. The van der Waals surface area contributed by atoms with E-state index in [0.29, 0.717) is 18.1 Å². The van der Waals surface area contributed by atoms with Gasteiger partial charge in [0.1, 0.15) is 11.3 Å². The summed E-state index contributed by atoms with van der Waals surface area (Å²) >= 11 is 0. The highest BCUT2D eigenvalue weighted by atomic mass is 15.3. The number of pyridine rings is 2. The Bertz CT molecular complexity index is 1040. The van der Waals surface area contributed by atoms with Gasteiger partial charge in [0.05, 0.1) is 18.3 Å². The second-order valence-corrected chi connectivity index (χ2v) is 9.68. The Balaban J connectivity index is 1.60. The number of hydrogen-bond acceptors (Lipinski definition) is 5. The smallest absolute Gasteiger partial charge is 0.141 e. The normalized spacial score (nSPS) is 23.2. The quantitative estimate of drug-likeness (QED) is 0.661. The Kier molecular flexibility index (Phi) is 7.52.